The number of carbonyl (C=O) groups is 1. The first kappa shape index (κ1) is 19.6. The van der Waals surface area contributed by atoms with Crippen LogP contribution in [0.15, 0.2) is 36.5 Å². The quantitative estimate of drug-likeness (QED) is 0.679. The van der Waals surface area contributed by atoms with Crippen molar-refractivity contribution in [1.82, 2.24) is 19.9 Å². The topological polar surface area (TPSA) is 74.2 Å². The van der Waals surface area contributed by atoms with E-state index in [1.54, 1.807) is 18.3 Å². The Bertz CT molecular complexity index is 1030. The maximum atomic E-state index is 12.6. The van der Waals surface area contributed by atoms with Crippen molar-refractivity contribution in [3.05, 3.63) is 57.1 Å². The molecule has 9 heteroatoms. The molecule has 0 radical (unpaired) electrons. The summed E-state index contributed by atoms with van der Waals surface area (Å²) in [5.41, 5.74) is 1.13. The maximum Gasteiger partial charge on any atom is 0.264 e. The summed E-state index contributed by atoms with van der Waals surface area (Å²) in [6.45, 7) is 6.60. The third kappa shape index (κ3) is 4.65. The molecule has 4 heterocycles. The number of carbonyl (C=O) groups excluding carboxylic acids is 1. The first-order chi connectivity index (χ1) is 14.0. The number of rotatable bonds is 4. The fourth-order valence-electron chi connectivity index (χ4n) is 3.24. The minimum Gasteiger partial charge on any atom is -0.353 e. The number of amides is 1. The van der Waals surface area contributed by atoms with E-state index in [2.05, 4.69) is 25.2 Å². The lowest BCUT2D eigenvalue weighted by Crippen LogP contribution is -2.49. The molecule has 0 spiro atoms. The molecule has 29 heavy (non-hydrogen) atoms. The summed E-state index contributed by atoms with van der Waals surface area (Å²) in [5, 5.41) is 3.25. The van der Waals surface area contributed by atoms with Crippen LogP contribution in [0.4, 0.5) is 17.5 Å². The Morgan fingerprint density at radius 3 is 2.55 bits per heavy atom. The van der Waals surface area contributed by atoms with E-state index in [9.17, 15) is 4.79 Å². The summed E-state index contributed by atoms with van der Waals surface area (Å²) < 4.78 is 0.631. The van der Waals surface area contributed by atoms with Crippen LogP contribution < -0.4 is 10.2 Å². The van der Waals surface area contributed by atoms with Gasteiger partial charge in [-0.2, -0.15) is 0 Å². The summed E-state index contributed by atoms with van der Waals surface area (Å²) in [7, 11) is 0. The average molecular weight is 429 g/mol. The van der Waals surface area contributed by atoms with Gasteiger partial charge in [0.1, 0.15) is 23.3 Å². The fraction of sp³-hybridized carbons (Fsp3) is 0.300. The van der Waals surface area contributed by atoms with Gasteiger partial charge in [-0.3, -0.25) is 4.79 Å². The molecule has 4 rings (SSSR count). The molecule has 0 aliphatic carbocycles. The number of hydrogen-bond donors (Lipinski definition) is 1. The van der Waals surface area contributed by atoms with Crippen LogP contribution in [0.2, 0.25) is 4.34 Å². The molecular formula is C20H21ClN6OS. The van der Waals surface area contributed by atoms with Gasteiger partial charge in [0.2, 0.25) is 0 Å². The highest BCUT2D eigenvalue weighted by atomic mass is 35.5. The van der Waals surface area contributed by atoms with Crippen molar-refractivity contribution < 1.29 is 4.79 Å². The second-order valence-electron chi connectivity index (χ2n) is 6.89. The van der Waals surface area contributed by atoms with Gasteiger partial charge < -0.3 is 15.1 Å². The molecular weight excluding hydrogens is 408 g/mol. The van der Waals surface area contributed by atoms with Crippen LogP contribution in [0.25, 0.3) is 0 Å². The zero-order valence-electron chi connectivity index (χ0n) is 16.2. The number of aryl methyl sites for hydroxylation is 2. The molecule has 7 nitrogen and oxygen atoms in total. The number of halogens is 1. The van der Waals surface area contributed by atoms with E-state index < -0.39 is 0 Å². The molecule has 3 aromatic rings. The van der Waals surface area contributed by atoms with E-state index in [0.29, 0.717) is 47.0 Å². The molecule has 1 aliphatic heterocycles. The van der Waals surface area contributed by atoms with E-state index in [1.807, 2.05) is 36.9 Å². The summed E-state index contributed by atoms with van der Waals surface area (Å²) >= 11 is 7.28. The smallest absolute Gasteiger partial charge is 0.264 e. The highest BCUT2D eigenvalue weighted by Gasteiger charge is 2.24. The van der Waals surface area contributed by atoms with Crippen LogP contribution in [-0.4, -0.2) is 51.9 Å². The van der Waals surface area contributed by atoms with Gasteiger partial charge in [-0.15, -0.1) is 11.3 Å². The van der Waals surface area contributed by atoms with Crippen LogP contribution >= 0.6 is 22.9 Å². The number of anilines is 3. The van der Waals surface area contributed by atoms with Gasteiger partial charge in [-0.1, -0.05) is 11.6 Å². The number of pyridine rings is 1. The van der Waals surface area contributed by atoms with Gasteiger partial charge in [0, 0.05) is 38.4 Å². The second-order valence-corrected chi connectivity index (χ2v) is 8.60. The molecule has 3 aromatic heterocycles. The molecule has 0 bridgehead atoms. The van der Waals surface area contributed by atoms with E-state index in [0.717, 1.165) is 17.2 Å². The summed E-state index contributed by atoms with van der Waals surface area (Å²) in [6, 6.07) is 9.39. The number of thiophene rings is 1. The molecule has 1 amide bonds. The maximum absolute atomic E-state index is 12.6. The number of hydrogen-bond acceptors (Lipinski definition) is 7. The molecule has 1 saturated heterocycles. The Kier molecular flexibility index (Phi) is 5.64. The van der Waals surface area contributed by atoms with Gasteiger partial charge in [0.05, 0.1) is 9.21 Å². The molecule has 0 atom stereocenters. The highest BCUT2D eigenvalue weighted by molar-refractivity contribution is 7.17. The van der Waals surface area contributed by atoms with Gasteiger partial charge >= 0.3 is 0 Å². The SMILES string of the molecule is Cc1ccnc(Nc2cc(N3CCN(C(=O)c4ccc(Cl)s4)CC3)nc(C)n2)c1. The lowest BCUT2D eigenvalue weighted by Gasteiger charge is -2.35. The van der Waals surface area contributed by atoms with Crippen LogP contribution in [0, 0.1) is 13.8 Å². The molecule has 0 unspecified atom stereocenters. The van der Waals surface area contributed by atoms with Crippen LogP contribution in [0.5, 0.6) is 0 Å². The highest BCUT2D eigenvalue weighted by Crippen LogP contribution is 2.24. The molecule has 150 valence electrons. The van der Waals surface area contributed by atoms with E-state index in [4.69, 9.17) is 11.6 Å². The normalized spacial score (nSPS) is 14.2. The van der Waals surface area contributed by atoms with Crippen molar-refractivity contribution in [1.29, 1.82) is 0 Å². The predicted molar refractivity (Wildman–Crippen MR) is 116 cm³/mol. The Morgan fingerprint density at radius 2 is 1.86 bits per heavy atom. The summed E-state index contributed by atoms with van der Waals surface area (Å²) in [4.78, 5) is 30.7. The third-order valence-electron chi connectivity index (χ3n) is 4.67. The van der Waals surface area contributed by atoms with Crippen molar-refractivity contribution in [3.63, 3.8) is 0 Å². The van der Waals surface area contributed by atoms with E-state index in [1.165, 1.54) is 11.3 Å². The van der Waals surface area contributed by atoms with Crippen molar-refractivity contribution in [3.8, 4) is 0 Å². The largest absolute Gasteiger partial charge is 0.353 e. The molecule has 0 aromatic carbocycles. The average Bonchev–Trinajstić information content (AvgIpc) is 3.13. The van der Waals surface area contributed by atoms with Crippen LogP contribution in [0.1, 0.15) is 21.1 Å². The Balaban J connectivity index is 1.44. The van der Waals surface area contributed by atoms with E-state index in [-0.39, 0.29) is 5.91 Å². The Morgan fingerprint density at radius 1 is 1.07 bits per heavy atom. The second kappa shape index (κ2) is 8.34. The van der Waals surface area contributed by atoms with Crippen molar-refractivity contribution in [2.45, 2.75) is 13.8 Å². The zero-order chi connectivity index (χ0) is 20.4. The first-order valence-electron chi connectivity index (χ1n) is 9.33. The summed E-state index contributed by atoms with van der Waals surface area (Å²) in [6.07, 6.45) is 1.77. The van der Waals surface area contributed by atoms with Crippen molar-refractivity contribution >= 4 is 46.3 Å². The van der Waals surface area contributed by atoms with Crippen LogP contribution in [-0.2, 0) is 0 Å². The Labute approximate surface area is 178 Å². The fourth-order valence-corrected chi connectivity index (χ4v) is 4.25. The van der Waals surface area contributed by atoms with Crippen molar-refractivity contribution in [2.75, 3.05) is 36.4 Å². The lowest BCUT2D eigenvalue weighted by atomic mass is 10.3. The van der Waals surface area contributed by atoms with Gasteiger partial charge in [-0.05, 0) is 43.7 Å². The third-order valence-corrected chi connectivity index (χ3v) is 5.89. The lowest BCUT2D eigenvalue weighted by molar-refractivity contribution is 0.0751. The molecule has 1 fully saturated rings. The minimum atomic E-state index is 0.0355. The molecule has 1 aliphatic rings. The Hall–Kier alpha value is -2.71. The number of nitrogens with zero attached hydrogens (tertiary/aromatic N) is 5. The van der Waals surface area contributed by atoms with Gasteiger partial charge in [-0.25, -0.2) is 15.0 Å². The minimum absolute atomic E-state index is 0.0355. The monoisotopic (exact) mass is 428 g/mol. The van der Waals surface area contributed by atoms with Crippen LogP contribution in [0.3, 0.4) is 0 Å². The standard InChI is InChI=1S/C20H21ClN6OS/c1-13-5-6-22-17(11-13)25-18-12-19(24-14(2)23-18)26-7-9-27(10-8-26)20(28)15-3-4-16(21)29-15/h3-6,11-12H,7-10H2,1-2H3,(H,22,23,24,25). The van der Waals surface area contributed by atoms with Crippen molar-refractivity contribution in [2.24, 2.45) is 0 Å². The number of aromatic nitrogens is 3. The number of piperazine rings is 1. The zero-order valence-corrected chi connectivity index (χ0v) is 17.8. The van der Waals surface area contributed by atoms with Gasteiger partial charge in [0.15, 0.2) is 0 Å². The molecule has 0 saturated carbocycles. The predicted octanol–water partition coefficient (Wildman–Crippen LogP) is 3.91. The van der Waals surface area contributed by atoms with E-state index >= 15 is 0 Å². The number of nitrogens with one attached hydrogen (secondary N) is 1. The van der Waals surface area contributed by atoms with Gasteiger partial charge in [0.25, 0.3) is 5.91 Å². The summed E-state index contributed by atoms with van der Waals surface area (Å²) in [5.74, 6) is 3.02. The first-order valence-corrected chi connectivity index (χ1v) is 10.5. The molecule has 1 N–H and O–H groups in total.